The van der Waals surface area contributed by atoms with Crippen molar-refractivity contribution in [1.82, 2.24) is 19.8 Å². The van der Waals surface area contributed by atoms with Crippen molar-refractivity contribution in [2.75, 3.05) is 51.2 Å². The largest absolute Gasteiger partial charge is 0.490 e. The highest BCUT2D eigenvalue weighted by molar-refractivity contribution is 5.81. The summed E-state index contributed by atoms with van der Waals surface area (Å²) in [7, 11) is 2.08. The molecule has 4 rings (SSSR count). The smallest absolute Gasteiger partial charge is 0.475 e. The van der Waals surface area contributed by atoms with Gasteiger partial charge in [-0.1, -0.05) is 0 Å². The lowest BCUT2D eigenvalue weighted by molar-refractivity contribution is -0.192. The number of alkyl halides is 3. The molecule has 13 heteroatoms. The Hall–Kier alpha value is -2.54. The SMILES string of the molecule is CN1CCN(C(=O)[C@@H]2C[C@@H]3CCN(c4ncc(F)cn4)C[C@H]3O2)CC1.O=C(O)C(F)(F)F. The fourth-order valence-electron chi connectivity index (χ4n) is 3.97. The molecule has 9 nitrogen and oxygen atoms in total. The van der Waals surface area contributed by atoms with E-state index in [1.54, 1.807) is 0 Å². The van der Waals surface area contributed by atoms with E-state index < -0.39 is 18.0 Å². The molecule has 3 aliphatic rings. The lowest BCUT2D eigenvalue weighted by atomic mass is 9.91. The zero-order valence-corrected chi connectivity index (χ0v) is 17.5. The molecule has 1 aromatic rings. The van der Waals surface area contributed by atoms with Crippen LogP contribution in [0.15, 0.2) is 12.4 Å². The van der Waals surface area contributed by atoms with Gasteiger partial charge in [0.15, 0.2) is 5.82 Å². The van der Waals surface area contributed by atoms with Crippen molar-refractivity contribution in [3.63, 3.8) is 0 Å². The molecule has 4 heterocycles. The molecule has 3 saturated heterocycles. The van der Waals surface area contributed by atoms with E-state index in [0.717, 1.165) is 45.6 Å². The van der Waals surface area contributed by atoms with Gasteiger partial charge in [0.1, 0.15) is 6.10 Å². The molecule has 3 fully saturated rings. The second-order valence-electron chi connectivity index (χ2n) is 8.03. The van der Waals surface area contributed by atoms with Crippen LogP contribution in [0, 0.1) is 11.7 Å². The third-order valence-electron chi connectivity index (χ3n) is 5.77. The molecule has 0 saturated carbocycles. The summed E-state index contributed by atoms with van der Waals surface area (Å²) in [5.41, 5.74) is 0. The van der Waals surface area contributed by atoms with E-state index in [0.29, 0.717) is 18.4 Å². The topological polar surface area (TPSA) is 99.1 Å². The summed E-state index contributed by atoms with van der Waals surface area (Å²) < 4.78 is 50.8. The normalized spacial score (nSPS) is 26.2. The zero-order chi connectivity index (χ0) is 23.5. The highest BCUT2D eigenvalue weighted by Gasteiger charge is 2.43. The van der Waals surface area contributed by atoms with E-state index >= 15 is 0 Å². The van der Waals surface area contributed by atoms with Gasteiger partial charge in [-0.2, -0.15) is 13.2 Å². The molecule has 178 valence electrons. The first-order chi connectivity index (χ1) is 15.0. The van der Waals surface area contributed by atoms with Crippen molar-refractivity contribution < 1.29 is 37.0 Å². The molecule has 1 aromatic heterocycles. The van der Waals surface area contributed by atoms with Gasteiger partial charge in [-0.3, -0.25) is 4.79 Å². The molecule has 0 spiro atoms. The van der Waals surface area contributed by atoms with Crippen LogP contribution >= 0.6 is 0 Å². The van der Waals surface area contributed by atoms with Crippen molar-refractivity contribution in [2.24, 2.45) is 5.92 Å². The number of carboxylic acid groups (broad SMARTS) is 1. The maximum Gasteiger partial charge on any atom is 0.490 e. The molecule has 0 aromatic carbocycles. The van der Waals surface area contributed by atoms with Crippen LogP contribution in [0.2, 0.25) is 0 Å². The third kappa shape index (κ3) is 6.03. The Kier molecular flexibility index (Phi) is 7.49. The van der Waals surface area contributed by atoms with Gasteiger partial charge < -0.3 is 24.5 Å². The average Bonchev–Trinajstić information content (AvgIpc) is 3.17. The minimum Gasteiger partial charge on any atom is -0.475 e. The number of halogens is 4. The molecule has 0 aliphatic carbocycles. The number of hydrogen-bond donors (Lipinski definition) is 1. The molecule has 0 bridgehead atoms. The van der Waals surface area contributed by atoms with E-state index in [1.807, 2.05) is 9.80 Å². The minimum absolute atomic E-state index is 0.0174. The molecular weight excluding hydrogens is 438 g/mol. The number of rotatable bonds is 2. The Bertz CT molecular complexity index is 802. The Balaban J connectivity index is 0.000000360. The molecule has 1 amide bonds. The standard InChI is InChI=1S/C17H24FN5O2.C2HF3O2/c1-21-4-6-22(7-5-21)16(24)14-8-12-2-3-23(11-15(12)25-14)17-19-9-13(18)10-20-17;3-2(4,5)1(6)7/h9-10,12,14-15H,2-8,11H2,1H3;(H,6,7)/t12-,14-,15+;/m0./s1. The number of carbonyl (C=O) groups is 2. The molecular formula is C19H25F4N5O4. The predicted octanol–water partition coefficient (Wildman–Crippen LogP) is 1.01. The average molecular weight is 463 g/mol. The van der Waals surface area contributed by atoms with Gasteiger partial charge in [-0.15, -0.1) is 0 Å². The number of carboxylic acids is 1. The van der Waals surface area contributed by atoms with Gasteiger partial charge in [-0.05, 0) is 25.8 Å². The van der Waals surface area contributed by atoms with Crippen LogP contribution in [0.1, 0.15) is 12.8 Å². The summed E-state index contributed by atoms with van der Waals surface area (Å²) in [5.74, 6) is -2.14. The molecule has 0 unspecified atom stereocenters. The lowest BCUT2D eigenvalue weighted by Crippen LogP contribution is -2.50. The Labute approximate surface area is 182 Å². The van der Waals surface area contributed by atoms with Crippen LogP contribution in [0.5, 0.6) is 0 Å². The third-order valence-corrected chi connectivity index (χ3v) is 5.77. The van der Waals surface area contributed by atoms with E-state index in [4.69, 9.17) is 14.6 Å². The zero-order valence-electron chi connectivity index (χ0n) is 17.5. The maximum absolute atomic E-state index is 13.0. The number of nitrogens with zero attached hydrogens (tertiary/aromatic N) is 5. The lowest BCUT2D eigenvalue weighted by Gasteiger charge is -2.34. The number of amides is 1. The van der Waals surface area contributed by atoms with E-state index in [2.05, 4.69) is 21.9 Å². The summed E-state index contributed by atoms with van der Waals surface area (Å²) >= 11 is 0. The van der Waals surface area contributed by atoms with Crippen molar-refractivity contribution in [1.29, 1.82) is 0 Å². The summed E-state index contributed by atoms with van der Waals surface area (Å²) in [6, 6.07) is 0. The molecule has 32 heavy (non-hydrogen) atoms. The van der Waals surface area contributed by atoms with E-state index in [9.17, 15) is 22.4 Å². The fraction of sp³-hybridized carbons (Fsp3) is 0.684. The van der Waals surface area contributed by atoms with Crippen LogP contribution < -0.4 is 4.90 Å². The van der Waals surface area contributed by atoms with E-state index in [1.165, 1.54) is 12.4 Å². The number of anilines is 1. The van der Waals surface area contributed by atoms with Gasteiger partial charge in [0, 0.05) is 39.3 Å². The number of carbonyl (C=O) groups excluding carboxylic acids is 1. The van der Waals surface area contributed by atoms with Crippen LogP contribution in [-0.2, 0) is 14.3 Å². The number of ether oxygens (including phenoxy) is 1. The minimum atomic E-state index is -5.08. The first-order valence-corrected chi connectivity index (χ1v) is 10.2. The molecule has 1 N–H and O–H groups in total. The van der Waals surface area contributed by atoms with Gasteiger partial charge >= 0.3 is 12.1 Å². The summed E-state index contributed by atoms with van der Waals surface area (Å²) in [4.78, 5) is 35.9. The number of hydrogen-bond acceptors (Lipinski definition) is 7. The number of aromatic nitrogens is 2. The Morgan fingerprint density at radius 1 is 1.12 bits per heavy atom. The summed E-state index contributed by atoms with van der Waals surface area (Å²) in [6.45, 7) is 4.86. The summed E-state index contributed by atoms with van der Waals surface area (Å²) in [6.07, 6.45) is -1.28. The second-order valence-corrected chi connectivity index (χ2v) is 8.03. The fourth-order valence-corrected chi connectivity index (χ4v) is 3.97. The van der Waals surface area contributed by atoms with Gasteiger partial charge in [0.25, 0.3) is 5.91 Å². The predicted molar refractivity (Wildman–Crippen MR) is 103 cm³/mol. The number of fused-ring (bicyclic) bond motifs is 1. The highest BCUT2D eigenvalue weighted by atomic mass is 19.4. The number of piperidine rings is 1. The van der Waals surface area contributed by atoms with Gasteiger partial charge in [0.2, 0.25) is 5.95 Å². The van der Waals surface area contributed by atoms with Crippen LogP contribution in [-0.4, -0.2) is 101 Å². The second kappa shape index (κ2) is 9.94. The summed E-state index contributed by atoms with van der Waals surface area (Å²) in [5, 5.41) is 7.12. The number of piperazine rings is 1. The molecule has 3 atom stereocenters. The first kappa shape index (κ1) is 24.1. The van der Waals surface area contributed by atoms with Crippen molar-refractivity contribution >= 4 is 17.8 Å². The Morgan fingerprint density at radius 2 is 1.72 bits per heavy atom. The van der Waals surface area contributed by atoms with Gasteiger partial charge in [-0.25, -0.2) is 19.2 Å². The molecule has 3 aliphatic heterocycles. The monoisotopic (exact) mass is 463 g/mol. The van der Waals surface area contributed by atoms with Crippen LogP contribution in [0.25, 0.3) is 0 Å². The Morgan fingerprint density at radius 3 is 2.28 bits per heavy atom. The van der Waals surface area contributed by atoms with Crippen LogP contribution in [0.3, 0.4) is 0 Å². The number of aliphatic carboxylic acids is 1. The highest BCUT2D eigenvalue weighted by Crippen LogP contribution is 2.35. The van der Waals surface area contributed by atoms with Crippen molar-refractivity contribution in [3.05, 3.63) is 18.2 Å². The van der Waals surface area contributed by atoms with E-state index in [-0.39, 0.29) is 18.1 Å². The van der Waals surface area contributed by atoms with Crippen molar-refractivity contribution in [3.8, 4) is 0 Å². The maximum atomic E-state index is 13.0. The van der Waals surface area contributed by atoms with Crippen LogP contribution in [0.4, 0.5) is 23.5 Å². The molecule has 0 radical (unpaired) electrons. The van der Waals surface area contributed by atoms with Crippen molar-refractivity contribution in [2.45, 2.75) is 31.2 Å². The number of likely N-dealkylation sites (N-methyl/N-ethyl adjacent to an activating group) is 1. The van der Waals surface area contributed by atoms with Gasteiger partial charge in [0.05, 0.1) is 18.5 Å². The quantitative estimate of drug-likeness (QED) is 0.649. The first-order valence-electron chi connectivity index (χ1n) is 10.2.